The first-order valence-electron chi connectivity index (χ1n) is 5.76. The van der Waals surface area contributed by atoms with Crippen LogP contribution in [0.3, 0.4) is 0 Å². The number of aryl methyl sites for hydroxylation is 1. The number of Topliss-reactive ketones (excluding diaryl/α,β-unsaturated/α-hetero) is 1. The van der Waals surface area contributed by atoms with Gasteiger partial charge in [0, 0.05) is 18.1 Å². The molecule has 0 amide bonds. The van der Waals surface area contributed by atoms with Crippen molar-refractivity contribution < 1.29 is 15.0 Å². The van der Waals surface area contributed by atoms with Crippen molar-refractivity contribution >= 4 is 5.78 Å². The van der Waals surface area contributed by atoms with Gasteiger partial charge in [0.25, 0.3) is 0 Å². The lowest BCUT2D eigenvalue weighted by molar-refractivity contribution is 0.0983. The number of carbonyl (C=O) groups is 1. The lowest BCUT2D eigenvalue weighted by Gasteiger charge is -2.04. The molecule has 0 aromatic heterocycles. The highest BCUT2D eigenvalue weighted by Crippen LogP contribution is 2.24. The molecule has 0 aliphatic rings. The average Bonchev–Trinajstić information content (AvgIpc) is 2.38. The summed E-state index contributed by atoms with van der Waals surface area (Å²) in [5.41, 5.74) is 1.34. The molecule has 18 heavy (non-hydrogen) atoms. The van der Waals surface area contributed by atoms with Gasteiger partial charge in [-0.05, 0) is 18.1 Å². The van der Waals surface area contributed by atoms with Gasteiger partial charge in [0.05, 0.1) is 0 Å². The van der Waals surface area contributed by atoms with E-state index >= 15 is 0 Å². The van der Waals surface area contributed by atoms with Crippen LogP contribution in [0.1, 0.15) is 22.3 Å². The maximum Gasteiger partial charge on any atom is 0.163 e. The van der Waals surface area contributed by atoms with Crippen LogP contribution in [0, 0.1) is 0 Å². The van der Waals surface area contributed by atoms with Crippen molar-refractivity contribution in [2.45, 2.75) is 12.8 Å². The summed E-state index contributed by atoms with van der Waals surface area (Å²) in [5, 5.41) is 18.8. The second kappa shape index (κ2) is 5.36. The highest BCUT2D eigenvalue weighted by atomic mass is 16.3. The molecule has 0 radical (unpaired) electrons. The molecule has 2 N–H and O–H groups in total. The third kappa shape index (κ3) is 2.88. The number of benzene rings is 2. The Hall–Kier alpha value is -2.29. The molecule has 0 bridgehead atoms. The summed E-state index contributed by atoms with van der Waals surface area (Å²) >= 11 is 0. The first kappa shape index (κ1) is 12.2. The first-order valence-corrected chi connectivity index (χ1v) is 5.76. The molecule has 0 saturated heterocycles. The van der Waals surface area contributed by atoms with E-state index in [-0.39, 0.29) is 17.3 Å². The number of hydrogen-bond donors (Lipinski definition) is 2. The van der Waals surface area contributed by atoms with E-state index in [9.17, 15) is 9.90 Å². The maximum atomic E-state index is 11.9. The Morgan fingerprint density at radius 1 is 1.00 bits per heavy atom. The van der Waals surface area contributed by atoms with Crippen LogP contribution >= 0.6 is 0 Å². The van der Waals surface area contributed by atoms with Crippen LogP contribution in [-0.2, 0) is 6.42 Å². The van der Waals surface area contributed by atoms with Crippen LogP contribution in [0.5, 0.6) is 11.5 Å². The lowest BCUT2D eigenvalue weighted by Crippen LogP contribution is -2.00. The van der Waals surface area contributed by atoms with Crippen LogP contribution in [0.15, 0.2) is 48.5 Å². The van der Waals surface area contributed by atoms with Crippen LogP contribution < -0.4 is 0 Å². The predicted molar refractivity (Wildman–Crippen MR) is 68.9 cm³/mol. The number of phenolic OH excluding ortho intramolecular Hbond substituents is 2. The summed E-state index contributed by atoms with van der Waals surface area (Å²) < 4.78 is 0. The topological polar surface area (TPSA) is 57.5 Å². The summed E-state index contributed by atoms with van der Waals surface area (Å²) in [7, 11) is 0. The molecule has 0 saturated carbocycles. The van der Waals surface area contributed by atoms with Crippen LogP contribution in [0.25, 0.3) is 0 Å². The predicted octanol–water partition coefficient (Wildman–Crippen LogP) is 2.91. The normalized spacial score (nSPS) is 10.2. The largest absolute Gasteiger partial charge is 0.508 e. The molecule has 0 fully saturated rings. The maximum absolute atomic E-state index is 11.9. The van der Waals surface area contributed by atoms with E-state index in [0.29, 0.717) is 24.0 Å². The second-order valence-electron chi connectivity index (χ2n) is 4.10. The Balaban J connectivity index is 2.02. The van der Waals surface area contributed by atoms with Crippen molar-refractivity contribution in [2.24, 2.45) is 0 Å². The molecule has 92 valence electrons. The zero-order valence-electron chi connectivity index (χ0n) is 9.84. The molecule has 0 aliphatic carbocycles. The van der Waals surface area contributed by atoms with Gasteiger partial charge in [-0.2, -0.15) is 0 Å². The van der Waals surface area contributed by atoms with Gasteiger partial charge in [-0.25, -0.2) is 0 Å². The fourth-order valence-corrected chi connectivity index (χ4v) is 1.78. The van der Waals surface area contributed by atoms with E-state index in [0.717, 1.165) is 0 Å². The Labute approximate surface area is 105 Å². The summed E-state index contributed by atoms with van der Waals surface area (Å²) in [6.07, 6.45) is 0.794. The Morgan fingerprint density at radius 2 is 1.72 bits per heavy atom. The first-order chi connectivity index (χ1) is 8.66. The third-order valence-electron chi connectivity index (χ3n) is 2.79. The van der Waals surface area contributed by atoms with Crippen molar-refractivity contribution in [2.75, 3.05) is 0 Å². The van der Waals surface area contributed by atoms with Gasteiger partial charge in [-0.3, -0.25) is 4.79 Å². The molecule has 0 aliphatic heterocycles. The number of hydrogen-bond acceptors (Lipinski definition) is 3. The minimum atomic E-state index is 0.0191. The molecule has 0 spiro atoms. The van der Waals surface area contributed by atoms with E-state index in [1.165, 1.54) is 12.1 Å². The van der Waals surface area contributed by atoms with Gasteiger partial charge in [-0.1, -0.05) is 36.4 Å². The molecular weight excluding hydrogens is 228 g/mol. The van der Waals surface area contributed by atoms with E-state index in [4.69, 9.17) is 5.11 Å². The number of phenols is 2. The zero-order chi connectivity index (χ0) is 13.0. The van der Waals surface area contributed by atoms with Gasteiger partial charge in [-0.15, -0.1) is 0 Å². The SMILES string of the molecule is O=C(CCc1ccc(O)cc1O)c1ccccc1. The summed E-state index contributed by atoms with van der Waals surface area (Å²) in [5.74, 6) is 0.0876. The van der Waals surface area contributed by atoms with Gasteiger partial charge in [0.1, 0.15) is 11.5 Å². The van der Waals surface area contributed by atoms with Crippen molar-refractivity contribution in [3.8, 4) is 11.5 Å². The minimum absolute atomic E-state index is 0.0191. The molecule has 2 aromatic carbocycles. The van der Waals surface area contributed by atoms with Crippen molar-refractivity contribution in [1.29, 1.82) is 0 Å². The molecule has 0 heterocycles. The Bertz CT molecular complexity index is 547. The van der Waals surface area contributed by atoms with Gasteiger partial charge >= 0.3 is 0 Å². The number of aromatic hydroxyl groups is 2. The molecule has 0 unspecified atom stereocenters. The van der Waals surface area contributed by atoms with Crippen LogP contribution in [-0.4, -0.2) is 16.0 Å². The molecule has 3 nitrogen and oxygen atoms in total. The smallest absolute Gasteiger partial charge is 0.163 e. The van der Waals surface area contributed by atoms with Gasteiger partial charge < -0.3 is 10.2 Å². The average molecular weight is 242 g/mol. The number of ketones is 1. The Kier molecular flexibility index (Phi) is 3.63. The van der Waals surface area contributed by atoms with E-state index < -0.39 is 0 Å². The number of rotatable bonds is 4. The Morgan fingerprint density at radius 3 is 2.39 bits per heavy atom. The van der Waals surface area contributed by atoms with Crippen molar-refractivity contribution in [3.63, 3.8) is 0 Å². The fraction of sp³-hybridized carbons (Fsp3) is 0.133. The standard InChI is InChI=1S/C15H14O3/c16-13-8-6-12(15(18)10-13)7-9-14(17)11-4-2-1-3-5-11/h1-6,8,10,16,18H,7,9H2. The van der Waals surface area contributed by atoms with Gasteiger partial charge in [0.2, 0.25) is 0 Å². The molecular formula is C15H14O3. The summed E-state index contributed by atoms with van der Waals surface area (Å²) in [6.45, 7) is 0. The van der Waals surface area contributed by atoms with E-state index in [2.05, 4.69) is 0 Å². The minimum Gasteiger partial charge on any atom is -0.508 e. The second-order valence-corrected chi connectivity index (χ2v) is 4.10. The molecule has 2 aromatic rings. The lowest BCUT2D eigenvalue weighted by atomic mass is 10.0. The summed E-state index contributed by atoms with van der Waals surface area (Å²) in [4.78, 5) is 11.9. The summed E-state index contributed by atoms with van der Waals surface area (Å²) in [6, 6.07) is 13.5. The van der Waals surface area contributed by atoms with Crippen LogP contribution in [0.2, 0.25) is 0 Å². The monoisotopic (exact) mass is 242 g/mol. The molecule has 3 heteroatoms. The molecule has 0 atom stereocenters. The van der Waals surface area contributed by atoms with Crippen molar-refractivity contribution in [1.82, 2.24) is 0 Å². The zero-order valence-corrected chi connectivity index (χ0v) is 9.84. The quantitative estimate of drug-likeness (QED) is 0.810. The molecule has 2 rings (SSSR count). The van der Waals surface area contributed by atoms with E-state index in [1.807, 2.05) is 18.2 Å². The highest BCUT2D eigenvalue weighted by Gasteiger charge is 2.08. The number of carbonyl (C=O) groups excluding carboxylic acids is 1. The highest BCUT2D eigenvalue weighted by molar-refractivity contribution is 5.96. The van der Waals surface area contributed by atoms with E-state index in [1.54, 1.807) is 18.2 Å². The van der Waals surface area contributed by atoms with Gasteiger partial charge in [0.15, 0.2) is 5.78 Å². The van der Waals surface area contributed by atoms with Crippen molar-refractivity contribution in [3.05, 3.63) is 59.7 Å². The van der Waals surface area contributed by atoms with Crippen LogP contribution in [0.4, 0.5) is 0 Å². The fourth-order valence-electron chi connectivity index (χ4n) is 1.78. The third-order valence-corrected chi connectivity index (χ3v) is 2.79.